The first-order chi connectivity index (χ1) is 12.6. The van der Waals surface area contributed by atoms with E-state index in [4.69, 9.17) is 13.9 Å². The van der Waals surface area contributed by atoms with Gasteiger partial charge in [0, 0.05) is 16.5 Å². The van der Waals surface area contributed by atoms with E-state index >= 15 is 0 Å². The number of benzene rings is 2. The maximum absolute atomic E-state index is 14.2. The first-order valence-electron chi connectivity index (χ1n) is 9.25. The summed E-state index contributed by atoms with van der Waals surface area (Å²) in [6.45, 7) is 11.0. The van der Waals surface area contributed by atoms with Gasteiger partial charge < -0.3 is 13.9 Å². The summed E-state index contributed by atoms with van der Waals surface area (Å²) in [4.78, 5) is 0. The van der Waals surface area contributed by atoms with Crippen LogP contribution < -0.4 is 9.47 Å². The van der Waals surface area contributed by atoms with Crippen molar-refractivity contribution in [3.63, 3.8) is 0 Å². The molecule has 1 aromatic heterocycles. The van der Waals surface area contributed by atoms with Crippen LogP contribution in [0.2, 0.25) is 0 Å². The van der Waals surface area contributed by atoms with Crippen LogP contribution in [0, 0.1) is 5.82 Å². The third-order valence-corrected chi connectivity index (χ3v) is 5.23. The second-order valence-corrected chi connectivity index (χ2v) is 8.98. The van der Waals surface area contributed by atoms with Crippen LogP contribution in [0.25, 0.3) is 11.0 Å². The van der Waals surface area contributed by atoms with Crippen LogP contribution in [0.15, 0.2) is 41.0 Å². The summed E-state index contributed by atoms with van der Waals surface area (Å²) in [5.41, 5.74) is 3.51. The number of rotatable bonds is 3. The van der Waals surface area contributed by atoms with Gasteiger partial charge in [0.1, 0.15) is 11.4 Å². The molecule has 2 aromatic carbocycles. The smallest absolute Gasteiger partial charge is 0.231 e. The summed E-state index contributed by atoms with van der Waals surface area (Å²) in [5, 5.41) is 0.791. The maximum Gasteiger partial charge on any atom is 0.231 e. The van der Waals surface area contributed by atoms with Gasteiger partial charge in [-0.25, -0.2) is 4.39 Å². The molecule has 27 heavy (non-hydrogen) atoms. The lowest BCUT2D eigenvalue weighted by Crippen LogP contribution is -2.22. The molecule has 0 saturated heterocycles. The van der Waals surface area contributed by atoms with Crippen LogP contribution in [0.5, 0.6) is 11.5 Å². The number of fused-ring (bicyclic) bond motifs is 2. The lowest BCUT2D eigenvalue weighted by molar-refractivity contribution is 0.172. The van der Waals surface area contributed by atoms with Gasteiger partial charge in [-0.1, -0.05) is 40.7 Å². The van der Waals surface area contributed by atoms with Crippen LogP contribution in [0.1, 0.15) is 51.3 Å². The lowest BCUT2D eigenvalue weighted by Gasteiger charge is -2.27. The minimum atomic E-state index is -0.318. The van der Waals surface area contributed by atoms with E-state index in [1.807, 2.05) is 6.07 Å². The van der Waals surface area contributed by atoms with Gasteiger partial charge in [0.05, 0.1) is 6.26 Å². The predicted octanol–water partition coefficient (Wildman–Crippen LogP) is 6.12. The lowest BCUT2D eigenvalue weighted by atomic mass is 9.77. The Hall–Kier alpha value is -2.49. The van der Waals surface area contributed by atoms with Crippen LogP contribution in [0.4, 0.5) is 4.39 Å². The number of furan rings is 1. The van der Waals surface area contributed by atoms with Crippen LogP contribution >= 0.6 is 0 Å². The molecule has 0 fully saturated rings. The van der Waals surface area contributed by atoms with Crippen molar-refractivity contribution in [1.29, 1.82) is 0 Å². The van der Waals surface area contributed by atoms with Crippen molar-refractivity contribution < 1.29 is 18.3 Å². The minimum Gasteiger partial charge on any atom is -0.464 e. The van der Waals surface area contributed by atoms with E-state index in [9.17, 15) is 4.39 Å². The Morgan fingerprint density at radius 1 is 0.963 bits per heavy atom. The topological polar surface area (TPSA) is 31.6 Å². The number of hydrogen-bond donors (Lipinski definition) is 0. The van der Waals surface area contributed by atoms with Gasteiger partial charge >= 0.3 is 0 Å². The fourth-order valence-corrected chi connectivity index (χ4v) is 3.88. The molecule has 142 valence electrons. The Morgan fingerprint density at radius 2 is 1.74 bits per heavy atom. The van der Waals surface area contributed by atoms with E-state index in [2.05, 4.69) is 40.7 Å². The first kappa shape index (κ1) is 17.9. The van der Waals surface area contributed by atoms with E-state index in [1.165, 1.54) is 6.07 Å². The molecule has 4 rings (SSSR count). The van der Waals surface area contributed by atoms with E-state index in [0.717, 1.165) is 45.6 Å². The largest absolute Gasteiger partial charge is 0.464 e. The molecule has 3 aromatic rings. The highest BCUT2D eigenvalue weighted by molar-refractivity contribution is 5.81. The van der Waals surface area contributed by atoms with Crippen LogP contribution in [0.3, 0.4) is 0 Å². The van der Waals surface area contributed by atoms with Gasteiger partial charge in [0.15, 0.2) is 11.5 Å². The van der Waals surface area contributed by atoms with E-state index in [0.29, 0.717) is 0 Å². The average molecular weight is 368 g/mol. The zero-order valence-electron chi connectivity index (χ0n) is 16.5. The van der Waals surface area contributed by atoms with Gasteiger partial charge in [-0.05, 0) is 47.1 Å². The predicted molar refractivity (Wildman–Crippen MR) is 104 cm³/mol. The Labute approximate surface area is 159 Å². The highest BCUT2D eigenvalue weighted by Gasteiger charge is 2.30. The van der Waals surface area contributed by atoms with Crippen molar-refractivity contribution in [1.82, 2.24) is 0 Å². The second kappa shape index (κ2) is 6.01. The van der Waals surface area contributed by atoms with Gasteiger partial charge in [0.2, 0.25) is 6.79 Å². The summed E-state index contributed by atoms with van der Waals surface area (Å²) < 4.78 is 31.2. The minimum absolute atomic E-state index is 0.0644. The average Bonchev–Trinajstić information content (AvgIpc) is 3.20. The van der Waals surface area contributed by atoms with Crippen molar-refractivity contribution in [3.8, 4) is 11.5 Å². The van der Waals surface area contributed by atoms with Crippen molar-refractivity contribution in [2.24, 2.45) is 0 Å². The molecule has 1 aliphatic heterocycles. The van der Waals surface area contributed by atoms with E-state index in [1.54, 1.807) is 18.4 Å². The quantitative estimate of drug-likeness (QED) is 0.558. The molecule has 3 nitrogen and oxygen atoms in total. The molecule has 0 saturated carbocycles. The van der Waals surface area contributed by atoms with Crippen molar-refractivity contribution in [2.75, 3.05) is 6.79 Å². The van der Waals surface area contributed by atoms with Gasteiger partial charge in [-0.2, -0.15) is 0 Å². The third-order valence-electron chi connectivity index (χ3n) is 5.23. The van der Waals surface area contributed by atoms with Crippen molar-refractivity contribution >= 4 is 11.0 Å². The molecule has 2 heterocycles. The van der Waals surface area contributed by atoms with Gasteiger partial charge in [-0.3, -0.25) is 0 Å². The molecule has 0 N–H and O–H groups in total. The fraction of sp³-hybridized carbons (Fsp3) is 0.391. The SMILES string of the molecule is CC(C)(C)c1cc(CC(C)(C)c2cc(F)cc3ccoc23)cc2c1OCO2. The molecule has 0 unspecified atom stereocenters. The summed E-state index contributed by atoms with van der Waals surface area (Å²) >= 11 is 0. The zero-order valence-corrected chi connectivity index (χ0v) is 16.5. The molecule has 0 atom stereocenters. The Balaban J connectivity index is 1.78. The summed E-state index contributed by atoms with van der Waals surface area (Å²) in [6.07, 6.45) is 2.34. The molecular weight excluding hydrogens is 343 g/mol. The maximum atomic E-state index is 14.2. The summed E-state index contributed by atoms with van der Waals surface area (Å²) in [6, 6.07) is 9.13. The van der Waals surface area contributed by atoms with Gasteiger partial charge in [-0.15, -0.1) is 0 Å². The Kier molecular flexibility index (Phi) is 3.99. The molecule has 0 bridgehead atoms. The molecule has 0 spiro atoms. The van der Waals surface area contributed by atoms with Crippen LogP contribution in [-0.2, 0) is 17.3 Å². The van der Waals surface area contributed by atoms with E-state index < -0.39 is 0 Å². The Bertz CT molecular complexity index is 1010. The number of hydrogen-bond acceptors (Lipinski definition) is 3. The molecule has 0 radical (unpaired) electrons. The molecule has 1 aliphatic rings. The molecular formula is C23H25FO3. The Morgan fingerprint density at radius 3 is 2.48 bits per heavy atom. The highest BCUT2D eigenvalue weighted by Crippen LogP contribution is 2.44. The molecule has 0 amide bonds. The third kappa shape index (κ3) is 3.18. The number of ether oxygens (including phenoxy) is 2. The highest BCUT2D eigenvalue weighted by atomic mass is 19.1. The monoisotopic (exact) mass is 368 g/mol. The van der Waals surface area contributed by atoms with Crippen molar-refractivity contribution in [2.45, 2.75) is 51.9 Å². The van der Waals surface area contributed by atoms with Gasteiger partial charge in [0.25, 0.3) is 0 Å². The second-order valence-electron chi connectivity index (χ2n) is 8.98. The molecule has 0 aliphatic carbocycles. The van der Waals surface area contributed by atoms with Crippen molar-refractivity contribution in [3.05, 3.63) is 59.1 Å². The standard InChI is InChI=1S/C23H25FO3/c1-22(2,3)17-8-14(9-19-21(17)27-13-26-19)12-23(4,5)18-11-16(24)10-15-6-7-25-20(15)18/h6-11H,12-13H2,1-5H3. The normalized spacial score (nSPS) is 14.1. The molecule has 4 heteroatoms. The zero-order chi connectivity index (χ0) is 19.4. The first-order valence-corrected chi connectivity index (χ1v) is 9.25. The fourth-order valence-electron chi connectivity index (χ4n) is 3.88. The summed E-state index contributed by atoms with van der Waals surface area (Å²) in [7, 11) is 0. The summed E-state index contributed by atoms with van der Waals surface area (Å²) in [5.74, 6) is 1.38. The number of halogens is 1. The van der Waals surface area contributed by atoms with Crippen LogP contribution in [-0.4, -0.2) is 6.79 Å². The van der Waals surface area contributed by atoms with E-state index in [-0.39, 0.29) is 23.4 Å².